The van der Waals surface area contributed by atoms with Crippen molar-refractivity contribution in [2.45, 2.75) is 6.92 Å². The average Bonchev–Trinajstić information content (AvgIpc) is 2.08. The van der Waals surface area contributed by atoms with Gasteiger partial charge in [0.25, 0.3) is 0 Å². The number of nitrogens with zero attached hydrogens (tertiary/aromatic N) is 1. The summed E-state index contributed by atoms with van der Waals surface area (Å²) in [4.78, 5) is 11.8. The monoisotopic (exact) mass is 243 g/mol. The fourth-order valence-corrected chi connectivity index (χ4v) is 1.19. The highest BCUT2D eigenvalue weighted by Gasteiger charge is 2.08. The first-order valence-electron chi connectivity index (χ1n) is 3.75. The molecule has 0 fully saturated rings. The lowest BCUT2D eigenvalue weighted by Crippen LogP contribution is -2.23. The SMILES string of the molecule is Cc1cc(N(C)C(=O)O)ccc1Br. The molecule has 1 amide bonds. The molecule has 0 radical (unpaired) electrons. The molecule has 0 spiro atoms. The van der Waals surface area contributed by atoms with Gasteiger partial charge < -0.3 is 5.11 Å². The van der Waals surface area contributed by atoms with E-state index < -0.39 is 6.09 Å². The summed E-state index contributed by atoms with van der Waals surface area (Å²) in [6, 6.07) is 5.41. The molecule has 0 bridgehead atoms. The summed E-state index contributed by atoms with van der Waals surface area (Å²) >= 11 is 3.35. The van der Waals surface area contributed by atoms with Gasteiger partial charge in [-0.15, -0.1) is 0 Å². The lowest BCUT2D eigenvalue weighted by atomic mass is 10.2. The van der Waals surface area contributed by atoms with E-state index in [1.54, 1.807) is 6.07 Å². The molecular weight excluding hydrogens is 234 g/mol. The molecule has 1 N–H and O–H groups in total. The molecule has 0 heterocycles. The third kappa shape index (κ3) is 2.21. The van der Waals surface area contributed by atoms with Crippen molar-refractivity contribution in [1.82, 2.24) is 0 Å². The first-order chi connectivity index (χ1) is 6.02. The van der Waals surface area contributed by atoms with Gasteiger partial charge in [0.15, 0.2) is 0 Å². The summed E-state index contributed by atoms with van der Waals surface area (Å²) in [6.45, 7) is 1.92. The molecule has 0 unspecified atom stereocenters. The molecule has 70 valence electrons. The predicted octanol–water partition coefficient (Wildman–Crippen LogP) is 2.87. The molecule has 0 aromatic heterocycles. The van der Waals surface area contributed by atoms with Crippen molar-refractivity contribution >= 4 is 27.7 Å². The van der Waals surface area contributed by atoms with Gasteiger partial charge in [0.1, 0.15) is 0 Å². The van der Waals surface area contributed by atoms with Crippen LogP contribution in [0.4, 0.5) is 10.5 Å². The number of rotatable bonds is 1. The summed E-state index contributed by atoms with van der Waals surface area (Å²) in [5.41, 5.74) is 1.69. The summed E-state index contributed by atoms with van der Waals surface area (Å²) in [5, 5.41) is 8.71. The Kier molecular flexibility index (Phi) is 2.93. The van der Waals surface area contributed by atoms with Crippen LogP contribution in [0.15, 0.2) is 22.7 Å². The number of carbonyl (C=O) groups is 1. The van der Waals surface area contributed by atoms with Gasteiger partial charge >= 0.3 is 6.09 Å². The smallest absolute Gasteiger partial charge is 0.411 e. The number of amides is 1. The minimum absolute atomic E-state index is 0.674. The van der Waals surface area contributed by atoms with Crippen LogP contribution in [0.25, 0.3) is 0 Å². The Bertz CT molecular complexity index is 338. The number of carboxylic acid groups (broad SMARTS) is 1. The van der Waals surface area contributed by atoms with Gasteiger partial charge in [-0.25, -0.2) is 4.79 Å². The van der Waals surface area contributed by atoms with Gasteiger partial charge in [0, 0.05) is 17.2 Å². The third-order valence-corrected chi connectivity index (χ3v) is 2.71. The lowest BCUT2D eigenvalue weighted by Gasteiger charge is -2.13. The molecule has 0 aliphatic rings. The highest BCUT2D eigenvalue weighted by atomic mass is 79.9. The number of hydrogen-bond donors (Lipinski definition) is 1. The minimum Gasteiger partial charge on any atom is -0.465 e. The van der Waals surface area contributed by atoms with Crippen molar-refractivity contribution in [3.8, 4) is 0 Å². The normalized spacial score (nSPS) is 9.77. The van der Waals surface area contributed by atoms with Crippen LogP contribution in [0.1, 0.15) is 5.56 Å². The van der Waals surface area contributed by atoms with E-state index in [0.717, 1.165) is 10.0 Å². The Morgan fingerprint density at radius 2 is 2.15 bits per heavy atom. The quantitative estimate of drug-likeness (QED) is 0.825. The van der Waals surface area contributed by atoms with Crippen molar-refractivity contribution in [2.75, 3.05) is 11.9 Å². The van der Waals surface area contributed by atoms with E-state index >= 15 is 0 Å². The Balaban J connectivity index is 3.03. The molecule has 0 aliphatic heterocycles. The van der Waals surface area contributed by atoms with Crippen molar-refractivity contribution in [1.29, 1.82) is 0 Å². The van der Waals surface area contributed by atoms with Gasteiger partial charge in [-0.05, 0) is 30.7 Å². The van der Waals surface area contributed by atoms with Crippen LogP contribution in [0.2, 0.25) is 0 Å². The second kappa shape index (κ2) is 3.79. The number of halogens is 1. The van der Waals surface area contributed by atoms with Crippen LogP contribution >= 0.6 is 15.9 Å². The maximum atomic E-state index is 10.6. The van der Waals surface area contributed by atoms with E-state index in [1.165, 1.54) is 11.9 Å². The highest BCUT2D eigenvalue weighted by molar-refractivity contribution is 9.10. The van der Waals surface area contributed by atoms with Crippen LogP contribution in [0.5, 0.6) is 0 Å². The molecule has 0 aliphatic carbocycles. The molecule has 1 aromatic rings. The lowest BCUT2D eigenvalue weighted by molar-refractivity contribution is 0.203. The molecule has 13 heavy (non-hydrogen) atoms. The summed E-state index contributed by atoms with van der Waals surface area (Å²) < 4.78 is 0.982. The molecule has 3 nitrogen and oxygen atoms in total. The Morgan fingerprint density at radius 1 is 1.54 bits per heavy atom. The predicted molar refractivity (Wildman–Crippen MR) is 55.3 cm³/mol. The van der Waals surface area contributed by atoms with Crippen molar-refractivity contribution in [3.05, 3.63) is 28.2 Å². The van der Waals surface area contributed by atoms with Crippen molar-refractivity contribution < 1.29 is 9.90 Å². The van der Waals surface area contributed by atoms with Crippen LogP contribution in [-0.4, -0.2) is 18.2 Å². The van der Waals surface area contributed by atoms with E-state index in [-0.39, 0.29) is 0 Å². The van der Waals surface area contributed by atoms with E-state index in [2.05, 4.69) is 15.9 Å². The molecule has 1 rings (SSSR count). The molecule has 0 atom stereocenters. The van der Waals surface area contributed by atoms with Gasteiger partial charge in [-0.3, -0.25) is 4.90 Å². The average molecular weight is 244 g/mol. The first kappa shape index (κ1) is 10.1. The molecule has 1 aromatic carbocycles. The van der Waals surface area contributed by atoms with E-state index in [9.17, 15) is 4.79 Å². The van der Waals surface area contributed by atoms with Crippen molar-refractivity contribution in [2.24, 2.45) is 0 Å². The van der Waals surface area contributed by atoms with Gasteiger partial charge in [-0.2, -0.15) is 0 Å². The van der Waals surface area contributed by atoms with E-state index in [1.807, 2.05) is 19.1 Å². The Labute approximate surface area is 85.1 Å². The largest absolute Gasteiger partial charge is 0.465 e. The van der Waals surface area contributed by atoms with Crippen LogP contribution in [-0.2, 0) is 0 Å². The van der Waals surface area contributed by atoms with Crippen LogP contribution < -0.4 is 4.90 Å². The van der Waals surface area contributed by atoms with Crippen LogP contribution in [0, 0.1) is 6.92 Å². The second-order valence-electron chi connectivity index (χ2n) is 2.78. The van der Waals surface area contributed by atoms with Crippen molar-refractivity contribution in [3.63, 3.8) is 0 Å². The summed E-state index contributed by atoms with van der Waals surface area (Å²) in [7, 11) is 1.52. The minimum atomic E-state index is -0.957. The zero-order chi connectivity index (χ0) is 10.0. The number of anilines is 1. The maximum Gasteiger partial charge on any atom is 0.411 e. The fraction of sp³-hybridized carbons (Fsp3) is 0.222. The number of benzene rings is 1. The number of aryl methyl sites for hydroxylation is 1. The summed E-state index contributed by atoms with van der Waals surface area (Å²) in [5.74, 6) is 0. The van der Waals surface area contributed by atoms with Gasteiger partial charge in [-0.1, -0.05) is 15.9 Å². The maximum absolute atomic E-state index is 10.6. The third-order valence-electron chi connectivity index (χ3n) is 1.82. The van der Waals surface area contributed by atoms with E-state index in [0.29, 0.717) is 5.69 Å². The first-order valence-corrected chi connectivity index (χ1v) is 4.54. The zero-order valence-corrected chi connectivity index (χ0v) is 9.00. The molecule has 4 heteroatoms. The topological polar surface area (TPSA) is 40.5 Å². The zero-order valence-electron chi connectivity index (χ0n) is 7.41. The second-order valence-corrected chi connectivity index (χ2v) is 3.63. The van der Waals surface area contributed by atoms with Crippen LogP contribution in [0.3, 0.4) is 0 Å². The summed E-state index contributed by atoms with van der Waals surface area (Å²) in [6.07, 6.45) is -0.957. The Morgan fingerprint density at radius 3 is 2.62 bits per heavy atom. The fourth-order valence-electron chi connectivity index (χ4n) is 0.948. The standard InChI is InChI=1S/C9H10BrNO2/c1-6-5-7(3-4-8(6)10)11(2)9(12)13/h3-5H,1-2H3,(H,12,13). The molecule has 0 saturated heterocycles. The Hall–Kier alpha value is -1.03. The molecule has 0 saturated carbocycles. The number of hydrogen-bond acceptors (Lipinski definition) is 1. The van der Waals surface area contributed by atoms with Gasteiger partial charge in [0.05, 0.1) is 0 Å². The van der Waals surface area contributed by atoms with Gasteiger partial charge in [0.2, 0.25) is 0 Å². The molecular formula is C9H10BrNO2. The van der Waals surface area contributed by atoms with E-state index in [4.69, 9.17) is 5.11 Å². The highest BCUT2D eigenvalue weighted by Crippen LogP contribution is 2.22.